The van der Waals surface area contributed by atoms with Gasteiger partial charge in [0.05, 0.1) is 0 Å². The first kappa shape index (κ1) is 22.7. The summed E-state index contributed by atoms with van der Waals surface area (Å²) in [6.07, 6.45) is 14.9. The Morgan fingerprint density at radius 3 is 1.00 bits per heavy atom. The van der Waals surface area contributed by atoms with Crippen LogP contribution in [0.2, 0.25) is 0 Å². The SMILES string of the molecule is CCC1CCCC1.CCC1CCCC1.[CH3-].[CH3-].[Fe+2]. The van der Waals surface area contributed by atoms with Crippen LogP contribution in [0.1, 0.15) is 78.1 Å². The molecular formula is C16H34Fe. The van der Waals surface area contributed by atoms with Crippen molar-refractivity contribution in [3.8, 4) is 0 Å². The van der Waals surface area contributed by atoms with Crippen molar-refractivity contribution in [2.75, 3.05) is 0 Å². The second kappa shape index (κ2) is 14.6. The molecule has 0 spiro atoms. The molecular weight excluding hydrogens is 248 g/mol. The second-order valence-electron chi connectivity index (χ2n) is 5.12. The Balaban J connectivity index is -0.000000196. The van der Waals surface area contributed by atoms with Gasteiger partial charge in [-0.2, -0.15) is 0 Å². The van der Waals surface area contributed by atoms with E-state index in [4.69, 9.17) is 0 Å². The van der Waals surface area contributed by atoms with Gasteiger partial charge in [-0.15, -0.1) is 0 Å². The normalized spacial score (nSPS) is 19.4. The first-order valence-corrected chi connectivity index (χ1v) is 6.86. The zero-order chi connectivity index (χ0) is 10.2. The van der Waals surface area contributed by atoms with Gasteiger partial charge < -0.3 is 14.9 Å². The third-order valence-corrected chi connectivity index (χ3v) is 4.10. The van der Waals surface area contributed by atoms with Gasteiger partial charge >= 0.3 is 17.1 Å². The fraction of sp³-hybridized carbons (Fsp3) is 0.875. The molecule has 2 aliphatic rings. The minimum absolute atomic E-state index is 0. The molecule has 0 N–H and O–H groups in total. The van der Waals surface area contributed by atoms with Crippen LogP contribution in [0.4, 0.5) is 0 Å². The standard InChI is InChI=1S/2C7H14.2CH3.Fe/c2*1-2-7-5-3-4-6-7;;;/h2*7H,2-6H2,1H3;2*1H3;/q;;2*-1;+2. The fourth-order valence-electron chi connectivity index (χ4n) is 2.84. The van der Waals surface area contributed by atoms with Gasteiger partial charge in [-0.1, -0.05) is 78.1 Å². The van der Waals surface area contributed by atoms with Crippen LogP contribution in [0.5, 0.6) is 0 Å². The molecule has 0 amide bonds. The molecule has 0 saturated heterocycles. The first-order valence-electron chi connectivity index (χ1n) is 6.86. The molecule has 106 valence electrons. The summed E-state index contributed by atoms with van der Waals surface area (Å²) in [6, 6.07) is 0. The van der Waals surface area contributed by atoms with Crippen LogP contribution in [-0.2, 0) is 17.1 Å². The maximum atomic E-state index is 2.30. The largest absolute Gasteiger partial charge is 2.00 e. The van der Waals surface area contributed by atoms with E-state index in [1.807, 2.05) is 0 Å². The van der Waals surface area contributed by atoms with Gasteiger partial charge in [0.1, 0.15) is 0 Å². The van der Waals surface area contributed by atoms with Crippen molar-refractivity contribution in [2.45, 2.75) is 78.1 Å². The minimum Gasteiger partial charge on any atom is -0.358 e. The molecule has 0 aliphatic heterocycles. The topological polar surface area (TPSA) is 0 Å². The van der Waals surface area contributed by atoms with E-state index in [1.54, 1.807) is 0 Å². The van der Waals surface area contributed by atoms with Crippen LogP contribution in [0.15, 0.2) is 0 Å². The monoisotopic (exact) mass is 282 g/mol. The number of hydrogen-bond acceptors (Lipinski definition) is 0. The molecule has 2 saturated carbocycles. The third-order valence-electron chi connectivity index (χ3n) is 4.10. The molecule has 0 atom stereocenters. The summed E-state index contributed by atoms with van der Waals surface area (Å²) >= 11 is 0. The van der Waals surface area contributed by atoms with Crippen molar-refractivity contribution in [1.82, 2.24) is 0 Å². The Hall–Kier alpha value is 0.519. The Bertz CT molecular complexity index is 105. The van der Waals surface area contributed by atoms with E-state index >= 15 is 0 Å². The third kappa shape index (κ3) is 10.2. The van der Waals surface area contributed by atoms with Crippen molar-refractivity contribution >= 4 is 0 Å². The molecule has 2 rings (SSSR count). The molecule has 2 fully saturated rings. The summed E-state index contributed by atoms with van der Waals surface area (Å²) in [5, 5.41) is 0. The molecule has 0 bridgehead atoms. The van der Waals surface area contributed by atoms with Crippen molar-refractivity contribution < 1.29 is 17.1 Å². The van der Waals surface area contributed by atoms with E-state index in [1.165, 1.54) is 64.2 Å². The molecule has 0 aromatic heterocycles. The maximum absolute atomic E-state index is 2.30. The zero-order valence-corrected chi connectivity index (χ0v) is 13.7. The summed E-state index contributed by atoms with van der Waals surface area (Å²) < 4.78 is 0. The van der Waals surface area contributed by atoms with Crippen molar-refractivity contribution in [2.24, 2.45) is 11.8 Å². The van der Waals surface area contributed by atoms with E-state index < -0.39 is 0 Å². The average molecular weight is 282 g/mol. The van der Waals surface area contributed by atoms with Crippen LogP contribution < -0.4 is 0 Å². The summed E-state index contributed by atoms with van der Waals surface area (Å²) in [5.74, 6) is 2.19. The van der Waals surface area contributed by atoms with Crippen molar-refractivity contribution in [1.29, 1.82) is 0 Å². The fourth-order valence-corrected chi connectivity index (χ4v) is 2.84. The van der Waals surface area contributed by atoms with E-state index in [0.717, 1.165) is 11.8 Å². The minimum atomic E-state index is 0. The summed E-state index contributed by atoms with van der Waals surface area (Å²) in [4.78, 5) is 0. The molecule has 2 aliphatic carbocycles. The second-order valence-corrected chi connectivity index (χ2v) is 5.12. The molecule has 0 aromatic rings. The van der Waals surface area contributed by atoms with Crippen molar-refractivity contribution in [3.05, 3.63) is 14.9 Å². The zero-order valence-electron chi connectivity index (χ0n) is 12.6. The summed E-state index contributed by atoms with van der Waals surface area (Å²) in [7, 11) is 0. The summed E-state index contributed by atoms with van der Waals surface area (Å²) in [5.41, 5.74) is 0. The molecule has 0 radical (unpaired) electrons. The van der Waals surface area contributed by atoms with Crippen LogP contribution >= 0.6 is 0 Å². The Labute approximate surface area is 122 Å². The predicted molar refractivity (Wildman–Crippen MR) is 77.3 cm³/mol. The molecule has 1 heteroatoms. The predicted octanol–water partition coefficient (Wildman–Crippen LogP) is 6.07. The number of rotatable bonds is 2. The van der Waals surface area contributed by atoms with E-state index in [0.29, 0.717) is 0 Å². The van der Waals surface area contributed by atoms with Gasteiger partial charge in [0.25, 0.3) is 0 Å². The Kier molecular flexibility index (Phi) is 19.5. The molecule has 0 heterocycles. The smallest absolute Gasteiger partial charge is 0.358 e. The van der Waals surface area contributed by atoms with Crippen LogP contribution in [0.3, 0.4) is 0 Å². The van der Waals surface area contributed by atoms with Gasteiger partial charge in [0.15, 0.2) is 0 Å². The molecule has 0 nitrogen and oxygen atoms in total. The van der Waals surface area contributed by atoms with Gasteiger partial charge in [-0.05, 0) is 11.8 Å². The molecule has 17 heavy (non-hydrogen) atoms. The average Bonchev–Trinajstić information content (AvgIpc) is 2.92. The van der Waals surface area contributed by atoms with E-state index in [-0.39, 0.29) is 31.9 Å². The van der Waals surface area contributed by atoms with Gasteiger partial charge in [-0.3, -0.25) is 0 Å². The Morgan fingerprint density at radius 1 is 0.647 bits per heavy atom. The van der Waals surface area contributed by atoms with E-state index in [9.17, 15) is 0 Å². The van der Waals surface area contributed by atoms with Crippen molar-refractivity contribution in [3.63, 3.8) is 0 Å². The Morgan fingerprint density at radius 2 is 0.882 bits per heavy atom. The van der Waals surface area contributed by atoms with Gasteiger partial charge in [-0.25, -0.2) is 0 Å². The van der Waals surface area contributed by atoms with Gasteiger partial charge in [0.2, 0.25) is 0 Å². The molecule has 0 aromatic carbocycles. The van der Waals surface area contributed by atoms with E-state index in [2.05, 4.69) is 13.8 Å². The van der Waals surface area contributed by atoms with Crippen LogP contribution in [0.25, 0.3) is 0 Å². The summed E-state index contributed by atoms with van der Waals surface area (Å²) in [6.45, 7) is 4.60. The quantitative estimate of drug-likeness (QED) is 0.426. The van der Waals surface area contributed by atoms with Crippen LogP contribution in [0, 0.1) is 26.7 Å². The molecule has 0 unspecified atom stereocenters. The van der Waals surface area contributed by atoms with Gasteiger partial charge in [0, 0.05) is 0 Å². The first-order chi connectivity index (χ1) is 6.86. The maximum Gasteiger partial charge on any atom is 2.00 e. The van der Waals surface area contributed by atoms with Crippen LogP contribution in [-0.4, -0.2) is 0 Å². The number of hydrogen-bond donors (Lipinski definition) is 0.